The number of fused-ring (bicyclic) bond motifs is 2. The van der Waals surface area contributed by atoms with Crippen molar-refractivity contribution in [1.82, 2.24) is 10.2 Å². The van der Waals surface area contributed by atoms with Crippen LogP contribution in [0.3, 0.4) is 0 Å². The van der Waals surface area contributed by atoms with E-state index in [0.29, 0.717) is 0 Å². The zero-order valence-electron chi connectivity index (χ0n) is 20.7. The van der Waals surface area contributed by atoms with Gasteiger partial charge in [0.25, 0.3) is 11.7 Å². The number of carbonyl (C=O) groups is 2. The largest absolute Gasteiger partial charge is 0.322 e. The van der Waals surface area contributed by atoms with Crippen LogP contribution in [0.25, 0.3) is 0 Å². The highest BCUT2D eigenvalue weighted by Gasteiger charge is 2.49. The molecule has 7 heteroatoms. The molecular weight excluding hydrogens is 438 g/mol. The maximum absolute atomic E-state index is 14.1. The van der Waals surface area contributed by atoms with Crippen LogP contribution >= 0.6 is 0 Å². The minimum atomic E-state index is -1.54. The van der Waals surface area contributed by atoms with Gasteiger partial charge in [0.1, 0.15) is 0 Å². The maximum Gasteiger partial charge on any atom is 0.322 e. The average molecular weight is 474 g/mol. The Morgan fingerprint density at radius 1 is 1.03 bits per heavy atom. The van der Waals surface area contributed by atoms with E-state index in [0.717, 1.165) is 61.9 Å². The molecule has 1 saturated carbocycles. The number of carbonyl (C=O) groups excluding carboxylic acids is 2. The number of nitrogens with zero attached hydrogens (tertiary/aromatic N) is 3. The number of nitrogens with one attached hydrogen (secondary N) is 2. The number of amides is 3. The number of aryl methyl sites for hydroxylation is 2. The van der Waals surface area contributed by atoms with Gasteiger partial charge in [-0.05, 0) is 68.5 Å². The van der Waals surface area contributed by atoms with Crippen LogP contribution in [0.4, 0.5) is 16.2 Å². The lowest BCUT2D eigenvalue weighted by Gasteiger charge is -2.42. The van der Waals surface area contributed by atoms with Crippen LogP contribution in [0.15, 0.2) is 47.5 Å². The van der Waals surface area contributed by atoms with Crippen molar-refractivity contribution in [2.24, 2.45) is 4.99 Å². The molecule has 0 bridgehead atoms. The van der Waals surface area contributed by atoms with Crippen LogP contribution in [0.1, 0.15) is 61.6 Å². The molecule has 3 amide bonds. The number of anilines is 2. The molecular formula is C28H35N5O2. The van der Waals surface area contributed by atoms with Crippen molar-refractivity contribution >= 4 is 29.5 Å². The van der Waals surface area contributed by atoms with Crippen LogP contribution in [-0.4, -0.2) is 49.0 Å². The molecule has 2 N–H and O–H groups in total. The predicted molar refractivity (Wildman–Crippen MR) is 140 cm³/mol. The maximum atomic E-state index is 14.1. The Labute approximate surface area is 207 Å². The first kappa shape index (κ1) is 23.5. The van der Waals surface area contributed by atoms with Crippen LogP contribution in [-0.2, 0) is 17.6 Å². The van der Waals surface area contributed by atoms with Gasteiger partial charge in [-0.1, -0.05) is 49.9 Å². The van der Waals surface area contributed by atoms with Gasteiger partial charge in [-0.3, -0.25) is 15.0 Å². The zero-order chi connectivity index (χ0) is 24.4. The molecule has 1 heterocycles. The van der Waals surface area contributed by atoms with Gasteiger partial charge in [-0.25, -0.2) is 9.79 Å². The van der Waals surface area contributed by atoms with Crippen molar-refractivity contribution in [1.29, 1.82) is 0 Å². The number of benzene rings is 2. The van der Waals surface area contributed by atoms with E-state index >= 15 is 0 Å². The number of urea groups is 1. The molecule has 2 aromatic rings. The lowest BCUT2D eigenvalue weighted by Crippen LogP contribution is -2.68. The minimum absolute atomic E-state index is 0.147. The highest BCUT2D eigenvalue weighted by molar-refractivity contribution is 6.08. The first-order valence-corrected chi connectivity index (χ1v) is 12.8. The lowest BCUT2D eigenvalue weighted by molar-refractivity contribution is -0.132. The van der Waals surface area contributed by atoms with Gasteiger partial charge in [0.2, 0.25) is 0 Å². The fourth-order valence-corrected chi connectivity index (χ4v) is 5.76. The van der Waals surface area contributed by atoms with Crippen LogP contribution in [0, 0.1) is 0 Å². The SMILES string of the molecule is CN1C(=O)C(NC(=O)Nc2ccc3c(c2)CCC3)(N(C)C2CCCCCC2)N=Cc2ccccc21. The van der Waals surface area contributed by atoms with E-state index in [1.165, 1.54) is 24.0 Å². The normalized spacial score (nSPS) is 22.4. The number of likely N-dealkylation sites (N-methyl/N-ethyl adjacent to an activating group) is 2. The molecule has 1 atom stereocenters. The van der Waals surface area contributed by atoms with Crippen molar-refractivity contribution in [2.45, 2.75) is 69.6 Å². The number of aliphatic imine (C=N–C) groups is 1. The molecule has 0 aromatic heterocycles. The second-order valence-corrected chi connectivity index (χ2v) is 10.0. The van der Waals surface area contributed by atoms with E-state index in [2.05, 4.69) is 16.7 Å². The molecule has 0 spiro atoms. The lowest BCUT2D eigenvalue weighted by atomic mass is 10.0. The summed E-state index contributed by atoms with van der Waals surface area (Å²) in [6.45, 7) is 0. The fourth-order valence-electron chi connectivity index (χ4n) is 5.76. The van der Waals surface area contributed by atoms with Crippen LogP contribution in [0.5, 0.6) is 0 Å². The third kappa shape index (κ3) is 4.57. The summed E-state index contributed by atoms with van der Waals surface area (Å²) in [4.78, 5) is 35.9. The fraction of sp³-hybridized carbons (Fsp3) is 0.464. The smallest absolute Gasteiger partial charge is 0.310 e. The second-order valence-electron chi connectivity index (χ2n) is 10.0. The number of hydrogen-bond acceptors (Lipinski definition) is 4. The molecule has 0 saturated heterocycles. The van der Waals surface area contributed by atoms with E-state index in [9.17, 15) is 9.59 Å². The second kappa shape index (κ2) is 9.82. The number of hydrogen-bond donors (Lipinski definition) is 2. The Balaban J connectivity index is 1.47. The quantitative estimate of drug-likeness (QED) is 0.499. The summed E-state index contributed by atoms with van der Waals surface area (Å²) < 4.78 is 0. The summed E-state index contributed by atoms with van der Waals surface area (Å²) >= 11 is 0. The number of benzodiazepines with no additional fused rings is 1. The monoisotopic (exact) mass is 473 g/mol. The van der Waals surface area contributed by atoms with Gasteiger partial charge in [0, 0.05) is 30.6 Å². The van der Waals surface area contributed by atoms with Crippen molar-refractivity contribution in [2.75, 3.05) is 24.3 Å². The Bertz CT molecular complexity index is 1140. The zero-order valence-corrected chi connectivity index (χ0v) is 20.7. The molecule has 2 aromatic carbocycles. The van der Waals surface area contributed by atoms with Gasteiger partial charge in [0.05, 0.1) is 5.69 Å². The molecule has 5 rings (SSSR count). The highest BCUT2D eigenvalue weighted by atomic mass is 16.2. The summed E-state index contributed by atoms with van der Waals surface area (Å²) in [6, 6.07) is 13.5. The summed E-state index contributed by atoms with van der Waals surface area (Å²) in [7, 11) is 3.68. The third-order valence-corrected chi connectivity index (χ3v) is 7.82. The van der Waals surface area contributed by atoms with Gasteiger partial charge in [0.15, 0.2) is 0 Å². The molecule has 184 valence electrons. The summed E-state index contributed by atoms with van der Waals surface area (Å²) in [5.74, 6) is -1.81. The molecule has 1 fully saturated rings. The first-order valence-electron chi connectivity index (χ1n) is 12.8. The molecule has 2 aliphatic carbocycles. The van der Waals surface area contributed by atoms with Crippen LogP contribution < -0.4 is 15.5 Å². The topological polar surface area (TPSA) is 77.0 Å². The Morgan fingerprint density at radius 2 is 1.77 bits per heavy atom. The molecule has 1 unspecified atom stereocenters. The molecule has 7 nitrogen and oxygen atoms in total. The first-order chi connectivity index (χ1) is 17.0. The standard InChI is InChI=1S/C28H35N5O2/c1-32-25-15-8-7-10-22(25)19-29-28(26(32)34,33(2)24-13-5-3-4-6-14-24)31-27(35)30-23-17-16-20-11-9-12-21(20)18-23/h7-8,10,15-19,24H,3-6,9,11-14H2,1-2H3,(H2,30,31,35). The highest BCUT2D eigenvalue weighted by Crippen LogP contribution is 2.32. The van der Waals surface area contributed by atoms with Gasteiger partial charge >= 0.3 is 6.03 Å². The summed E-state index contributed by atoms with van der Waals surface area (Å²) in [5, 5.41) is 5.98. The van der Waals surface area contributed by atoms with E-state index < -0.39 is 11.8 Å². The van der Waals surface area contributed by atoms with E-state index in [1.807, 2.05) is 48.3 Å². The number of rotatable bonds is 4. The van der Waals surface area contributed by atoms with Crippen molar-refractivity contribution in [3.8, 4) is 0 Å². The van der Waals surface area contributed by atoms with Crippen molar-refractivity contribution < 1.29 is 9.59 Å². The van der Waals surface area contributed by atoms with Gasteiger partial charge < -0.3 is 10.2 Å². The minimum Gasteiger partial charge on any atom is -0.310 e. The molecule has 35 heavy (non-hydrogen) atoms. The van der Waals surface area contributed by atoms with E-state index in [4.69, 9.17) is 4.99 Å². The van der Waals surface area contributed by atoms with E-state index in [1.54, 1.807) is 18.2 Å². The Kier molecular flexibility index (Phi) is 6.60. The van der Waals surface area contributed by atoms with Crippen molar-refractivity contribution in [3.05, 3.63) is 59.2 Å². The molecule has 3 aliphatic rings. The molecule has 1 aliphatic heterocycles. The predicted octanol–water partition coefficient (Wildman–Crippen LogP) is 4.70. The summed E-state index contributed by atoms with van der Waals surface area (Å²) in [5.41, 5.74) is 4.99. The summed E-state index contributed by atoms with van der Waals surface area (Å²) in [6.07, 6.45) is 11.6. The van der Waals surface area contributed by atoms with Crippen LogP contribution in [0.2, 0.25) is 0 Å². The van der Waals surface area contributed by atoms with Crippen molar-refractivity contribution in [3.63, 3.8) is 0 Å². The Hall–Kier alpha value is -3.19. The van der Waals surface area contributed by atoms with E-state index in [-0.39, 0.29) is 11.9 Å². The Morgan fingerprint density at radius 3 is 2.57 bits per heavy atom. The van der Waals surface area contributed by atoms with Gasteiger partial charge in [-0.15, -0.1) is 0 Å². The third-order valence-electron chi connectivity index (χ3n) is 7.82. The van der Waals surface area contributed by atoms with Gasteiger partial charge in [-0.2, -0.15) is 0 Å². The number of para-hydroxylation sites is 1. The average Bonchev–Trinajstić information content (AvgIpc) is 3.11. The molecule has 0 radical (unpaired) electrons.